The summed E-state index contributed by atoms with van der Waals surface area (Å²) < 4.78 is 12.9. The molecule has 0 radical (unpaired) electrons. The van der Waals surface area contributed by atoms with Gasteiger partial charge in [-0.1, -0.05) is 24.1 Å². The Morgan fingerprint density at radius 2 is 2.29 bits per heavy atom. The largest absolute Gasteiger partial charge is 0.309 e. The summed E-state index contributed by atoms with van der Waals surface area (Å²) in [6.45, 7) is 0.585. The summed E-state index contributed by atoms with van der Waals surface area (Å²) in [6, 6.07) is 6.95. The van der Waals surface area contributed by atoms with E-state index < -0.39 is 0 Å². The number of halogens is 2. The Morgan fingerprint density at radius 3 is 3.00 bits per heavy atom. The van der Waals surface area contributed by atoms with Gasteiger partial charge in [0.05, 0.1) is 12.0 Å². The number of hydrogen-bond donors (Lipinski definition) is 1. The third kappa shape index (κ3) is 2.96. The average molecular weight is 253 g/mol. The summed E-state index contributed by atoms with van der Waals surface area (Å²) in [5.41, 5.74) is 0.872. The van der Waals surface area contributed by atoms with Crippen molar-refractivity contribution in [2.45, 2.75) is 31.8 Å². The van der Waals surface area contributed by atoms with E-state index in [0.29, 0.717) is 11.6 Å². The molecule has 4 heteroatoms. The fourth-order valence-electron chi connectivity index (χ4n) is 2.26. The molecule has 2 rings (SSSR count). The second-order valence-electron chi connectivity index (χ2n) is 4.39. The van der Waals surface area contributed by atoms with Gasteiger partial charge < -0.3 is 5.32 Å². The molecule has 1 aliphatic carbocycles. The van der Waals surface area contributed by atoms with E-state index in [4.69, 9.17) is 16.9 Å². The van der Waals surface area contributed by atoms with E-state index in [1.54, 1.807) is 6.07 Å². The Morgan fingerprint density at radius 1 is 1.47 bits per heavy atom. The summed E-state index contributed by atoms with van der Waals surface area (Å²) in [6.07, 6.45) is 3.08. The number of nitriles is 1. The molecule has 1 fully saturated rings. The summed E-state index contributed by atoms with van der Waals surface area (Å²) in [4.78, 5) is 0. The van der Waals surface area contributed by atoms with Crippen molar-refractivity contribution in [2.24, 2.45) is 5.92 Å². The van der Waals surface area contributed by atoms with Gasteiger partial charge in [0.2, 0.25) is 0 Å². The molecule has 1 aromatic carbocycles. The maximum Gasteiger partial charge on any atom is 0.124 e. The molecule has 1 saturated carbocycles. The van der Waals surface area contributed by atoms with Crippen LogP contribution in [0.2, 0.25) is 5.02 Å². The maximum atomic E-state index is 12.9. The number of nitrogens with one attached hydrogen (secondary N) is 1. The van der Waals surface area contributed by atoms with Gasteiger partial charge in [-0.25, -0.2) is 4.39 Å². The van der Waals surface area contributed by atoms with Crippen LogP contribution in [0, 0.1) is 23.1 Å². The number of hydrogen-bond acceptors (Lipinski definition) is 2. The Bertz CT molecular complexity index is 442. The smallest absolute Gasteiger partial charge is 0.124 e. The highest BCUT2D eigenvalue weighted by Crippen LogP contribution is 2.25. The Labute approximate surface area is 105 Å². The second kappa shape index (κ2) is 5.48. The fourth-order valence-corrected chi connectivity index (χ4v) is 2.50. The highest BCUT2D eigenvalue weighted by molar-refractivity contribution is 6.31. The molecule has 2 nitrogen and oxygen atoms in total. The predicted molar refractivity (Wildman–Crippen MR) is 65.0 cm³/mol. The second-order valence-corrected chi connectivity index (χ2v) is 4.80. The Hall–Kier alpha value is -1.11. The molecule has 1 aromatic rings. The van der Waals surface area contributed by atoms with Crippen molar-refractivity contribution < 1.29 is 4.39 Å². The Balaban J connectivity index is 1.96. The third-order valence-corrected chi connectivity index (χ3v) is 3.60. The summed E-state index contributed by atoms with van der Waals surface area (Å²) in [5.74, 6) is -0.233. The standard InChI is InChI=1S/C13H14ClFN2/c14-12-6-11(15)5-4-10(12)8-17-13-3-1-2-9(13)7-16/h4-6,9,13,17H,1-3,8H2. The van der Waals surface area contributed by atoms with Gasteiger partial charge >= 0.3 is 0 Å². The zero-order valence-electron chi connectivity index (χ0n) is 9.42. The van der Waals surface area contributed by atoms with Crippen LogP contribution in [0.3, 0.4) is 0 Å². The summed E-state index contributed by atoms with van der Waals surface area (Å²) in [5, 5.41) is 12.7. The number of benzene rings is 1. The summed E-state index contributed by atoms with van der Waals surface area (Å²) >= 11 is 5.94. The molecule has 0 heterocycles. The van der Waals surface area contributed by atoms with E-state index >= 15 is 0 Å². The van der Waals surface area contributed by atoms with Crippen molar-refractivity contribution in [3.05, 3.63) is 34.6 Å². The van der Waals surface area contributed by atoms with E-state index in [-0.39, 0.29) is 17.8 Å². The molecule has 17 heavy (non-hydrogen) atoms. The van der Waals surface area contributed by atoms with Crippen molar-refractivity contribution in [1.29, 1.82) is 5.26 Å². The zero-order chi connectivity index (χ0) is 12.3. The number of rotatable bonds is 3. The van der Waals surface area contributed by atoms with Crippen LogP contribution in [-0.2, 0) is 6.54 Å². The molecule has 0 spiro atoms. The average Bonchev–Trinajstić information content (AvgIpc) is 2.75. The molecular weight excluding hydrogens is 239 g/mol. The molecule has 1 N–H and O–H groups in total. The van der Waals surface area contributed by atoms with E-state index in [2.05, 4.69) is 11.4 Å². The molecule has 0 amide bonds. The highest BCUT2D eigenvalue weighted by atomic mass is 35.5. The van der Waals surface area contributed by atoms with E-state index in [9.17, 15) is 4.39 Å². The van der Waals surface area contributed by atoms with E-state index in [0.717, 1.165) is 24.8 Å². The molecule has 1 aliphatic rings. The third-order valence-electron chi connectivity index (χ3n) is 3.25. The van der Waals surface area contributed by atoms with Gasteiger partial charge in [0.25, 0.3) is 0 Å². The quantitative estimate of drug-likeness (QED) is 0.896. The first-order valence-corrected chi connectivity index (χ1v) is 6.15. The van der Waals surface area contributed by atoms with Crippen LogP contribution in [0.4, 0.5) is 4.39 Å². The molecule has 2 atom stereocenters. The van der Waals surface area contributed by atoms with Crippen molar-refractivity contribution in [3.63, 3.8) is 0 Å². The van der Waals surface area contributed by atoms with Crippen LogP contribution in [0.25, 0.3) is 0 Å². The lowest BCUT2D eigenvalue weighted by Gasteiger charge is -2.16. The van der Waals surface area contributed by atoms with Gasteiger partial charge in [-0.15, -0.1) is 0 Å². The van der Waals surface area contributed by atoms with Gasteiger partial charge in [0.1, 0.15) is 5.82 Å². The van der Waals surface area contributed by atoms with Crippen molar-refractivity contribution in [2.75, 3.05) is 0 Å². The molecule has 0 saturated heterocycles. The first-order valence-electron chi connectivity index (χ1n) is 5.77. The lowest BCUT2D eigenvalue weighted by atomic mass is 10.1. The van der Waals surface area contributed by atoms with Gasteiger partial charge in [-0.05, 0) is 30.5 Å². The molecular formula is C13H14ClFN2. The van der Waals surface area contributed by atoms with Crippen LogP contribution < -0.4 is 5.32 Å². The first-order chi connectivity index (χ1) is 8.20. The molecule has 0 aromatic heterocycles. The van der Waals surface area contributed by atoms with Crippen molar-refractivity contribution >= 4 is 11.6 Å². The highest BCUT2D eigenvalue weighted by Gasteiger charge is 2.26. The van der Waals surface area contributed by atoms with Gasteiger partial charge in [0, 0.05) is 17.6 Å². The van der Waals surface area contributed by atoms with Crippen molar-refractivity contribution in [3.8, 4) is 6.07 Å². The fraction of sp³-hybridized carbons (Fsp3) is 0.462. The molecule has 0 aliphatic heterocycles. The van der Waals surface area contributed by atoms with Crippen LogP contribution >= 0.6 is 11.6 Å². The summed E-state index contributed by atoms with van der Waals surface area (Å²) in [7, 11) is 0. The lowest BCUT2D eigenvalue weighted by Crippen LogP contribution is -2.31. The lowest BCUT2D eigenvalue weighted by molar-refractivity contribution is 0.464. The van der Waals surface area contributed by atoms with Gasteiger partial charge in [-0.3, -0.25) is 0 Å². The van der Waals surface area contributed by atoms with Crippen molar-refractivity contribution in [1.82, 2.24) is 5.32 Å². The number of nitrogens with zero attached hydrogens (tertiary/aromatic N) is 1. The van der Waals surface area contributed by atoms with Crippen LogP contribution in [0.5, 0.6) is 0 Å². The minimum absolute atomic E-state index is 0.0919. The minimum Gasteiger partial charge on any atom is -0.309 e. The van der Waals surface area contributed by atoms with E-state index in [1.807, 2.05) is 0 Å². The SMILES string of the molecule is N#CC1CCCC1NCc1ccc(F)cc1Cl. The van der Waals surface area contributed by atoms with Crippen LogP contribution in [0.15, 0.2) is 18.2 Å². The minimum atomic E-state index is -0.325. The normalized spacial score (nSPS) is 23.6. The molecule has 90 valence electrons. The first kappa shape index (κ1) is 12.3. The molecule has 2 unspecified atom stereocenters. The monoisotopic (exact) mass is 252 g/mol. The topological polar surface area (TPSA) is 35.8 Å². The molecule has 0 bridgehead atoms. The maximum absolute atomic E-state index is 12.9. The Kier molecular flexibility index (Phi) is 3.98. The van der Waals surface area contributed by atoms with Crippen LogP contribution in [0.1, 0.15) is 24.8 Å². The van der Waals surface area contributed by atoms with Crippen LogP contribution in [-0.4, -0.2) is 6.04 Å². The zero-order valence-corrected chi connectivity index (χ0v) is 10.2. The van der Waals surface area contributed by atoms with Gasteiger partial charge in [-0.2, -0.15) is 5.26 Å². The van der Waals surface area contributed by atoms with Gasteiger partial charge in [0.15, 0.2) is 0 Å². The predicted octanol–water partition coefficient (Wildman–Crippen LogP) is 3.26. The van der Waals surface area contributed by atoms with E-state index in [1.165, 1.54) is 12.1 Å².